The lowest BCUT2D eigenvalue weighted by Gasteiger charge is -2.21. The molecule has 2 amide bonds. The fraction of sp³-hybridized carbons (Fsp3) is 0.371. The lowest BCUT2D eigenvalue weighted by atomic mass is 10.00. The van der Waals surface area contributed by atoms with Gasteiger partial charge in [-0.25, -0.2) is 4.39 Å². The predicted molar refractivity (Wildman–Crippen MR) is 179 cm³/mol. The second kappa shape index (κ2) is 16.0. The highest BCUT2D eigenvalue weighted by Gasteiger charge is 2.30. The van der Waals surface area contributed by atoms with Crippen molar-refractivity contribution in [2.45, 2.75) is 38.5 Å². The first-order valence-electron chi connectivity index (χ1n) is 15.9. The van der Waals surface area contributed by atoms with Crippen LogP contribution in [0.25, 0.3) is 10.9 Å². The molecule has 2 atom stereocenters. The number of carbonyl (C=O) groups excluding carboxylic acids is 3. The van der Waals surface area contributed by atoms with Gasteiger partial charge in [0.1, 0.15) is 17.9 Å². The number of methoxy groups -OCH3 is 1. The standard InChI is InChI=1S/C35H41FN6O7/c1-35(2,3)49-20-38-19-47-13-14-48-28-11-12-29(46-4)31(36)30(28)32(43)21-5-7-22(8-6-21)33(44)40-26-17-37-18-27(26)41-34(45)23-9-10-24-16-39-42-25(24)15-23/h5-12,15-16,26-27,37-38H,13-14,17-20H2,1-4H3,(H,39,42)(H,40,44)(H,41,45)/t26-,27+/m1/s1. The van der Waals surface area contributed by atoms with Gasteiger partial charge < -0.3 is 34.9 Å². The van der Waals surface area contributed by atoms with E-state index in [1.54, 1.807) is 18.3 Å². The predicted octanol–water partition coefficient (Wildman–Crippen LogP) is 3.16. The first-order valence-corrected chi connectivity index (χ1v) is 15.9. The third-order valence-electron chi connectivity index (χ3n) is 7.77. The monoisotopic (exact) mass is 676 g/mol. The second-order valence-electron chi connectivity index (χ2n) is 12.4. The zero-order valence-electron chi connectivity index (χ0n) is 27.9. The summed E-state index contributed by atoms with van der Waals surface area (Å²) in [4.78, 5) is 39.7. The molecule has 1 fully saturated rings. The van der Waals surface area contributed by atoms with Gasteiger partial charge >= 0.3 is 0 Å². The number of hydrogen-bond donors (Lipinski definition) is 5. The van der Waals surface area contributed by atoms with Crippen molar-refractivity contribution in [2.75, 3.05) is 46.9 Å². The van der Waals surface area contributed by atoms with Crippen LogP contribution < -0.4 is 30.7 Å². The lowest BCUT2D eigenvalue weighted by molar-refractivity contribution is -0.0293. The molecule has 1 saturated heterocycles. The Hall–Kier alpha value is -4.89. The summed E-state index contributed by atoms with van der Waals surface area (Å²) in [6.45, 7) is 7.54. The molecule has 1 aliphatic rings. The first kappa shape index (κ1) is 35.4. The number of H-pyrrole nitrogens is 1. The smallest absolute Gasteiger partial charge is 0.251 e. The SMILES string of the molecule is COc1ccc(OCCOCNCOC(C)(C)C)c(C(=O)c2ccc(C(=O)N[C@@H]3CNC[C@@H]3NC(=O)c3ccc4cn[nH]c4c3)cc2)c1F. The molecule has 0 spiro atoms. The number of ether oxygens (including phenoxy) is 4. The number of fused-ring (bicyclic) bond motifs is 1. The van der Waals surface area contributed by atoms with Crippen molar-refractivity contribution in [1.82, 2.24) is 31.5 Å². The fourth-order valence-corrected chi connectivity index (χ4v) is 5.17. The minimum Gasteiger partial charge on any atom is -0.494 e. The van der Waals surface area contributed by atoms with Gasteiger partial charge in [-0.15, -0.1) is 0 Å². The van der Waals surface area contributed by atoms with Crippen molar-refractivity contribution in [3.05, 3.63) is 88.9 Å². The van der Waals surface area contributed by atoms with Gasteiger partial charge in [0, 0.05) is 35.2 Å². The molecule has 3 aromatic carbocycles. The Labute approximate surface area is 283 Å². The van der Waals surface area contributed by atoms with Crippen LogP contribution in [0.5, 0.6) is 11.5 Å². The average molecular weight is 677 g/mol. The molecule has 49 heavy (non-hydrogen) atoms. The van der Waals surface area contributed by atoms with E-state index >= 15 is 4.39 Å². The number of carbonyl (C=O) groups is 3. The molecule has 1 aliphatic heterocycles. The van der Waals surface area contributed by atoms with Crippen molar-refractivity contribution in [1.29, 1.82) is 0 Å². The van der Waals surface area contributed by atoms with Crippen LogP contribution in [0.1, 0.15) is 57.4 Å². The van der Waals surface area contributed by atoms with E-state index in [1.807, 2.05) is 26.8 Å². The Kier molecular flexibility index (Phi) is 11.6. The highest BCUT2D eigenvalue weighted by molar-refractivity contribution is 6.11. The maximum Gasteiger partial charge on any atom is 0.251 e. The number of nitrogens with zero attached hydrogens (tertiary/aromatic N) is 1. The van der Waals surface area contributed by atoms with Gasteiger partial charge in [0.05, 0.1) is 56.6 Å². The summed E-state index contributed by atoms with van der Waals surface area (Å²) in [7, 11) is 1.31. The molecule has 0 radical (unpaired) electrons. The van der Waals surface area contributed by atoms with Gasteiger partial charge in [0.15, 0.2) is 17.3 Å². The number of aromatic amines is 1. The van der Waals surface area contributed by atoms with E-state index in [2.05, 4.69) is 31.5 Å². The normalized spacial score (nSPS) is 16.0. The van der Waals surface area contributed by atoms with Crippen molar-refractivity contribution in [3.63, 3.8) is 0 Å². The third-order valence-corrected chi connectivity index (χ3v) is 7.77. The Morgan fingerprint density at radius 2 is 1.53 bits per heavy atom. The summed E-state index contributed by atoms with van der Waals surface area (Å²) in [6, 6.07) is 13.2. The molecule has 2 heterocycles. The Balaban J connectivity index is 1.17. The number of rotatable bonds is 15. The minimum absolute atomic E-state index is 0.0315. The number of hydrogen-bond acceptors (Lipinski definition) is 10. The van der Waals surface area contributed by atoms with Crippen molar-refractivity contribution in [2.24, 2.45) is 0 Å². The highest BCUT2D eigenvalue weighted by Crippen LogP contribution is 2.31. The van der Waals surface area contributed by atoms with E-state index in [9.17, 15) is 14.4 Å². The molecule has 13 nitrogen and oxygen atoms in total. The average Bonchev–Trinajstić information content (AvgIpc) is 3.74. The summed E-state index contributed by atoms with van der Waals surface area (Å²) in [5.74, 6) is -2.24. The number of nitrogens with one attached hydrogen (secondary N) is 5. The summed E-state index contributed by atoms with van der Waals surface area (Å²) >= 11 is 0. The molecule has 0 saturated carbocycles. The van der Waals surface area contributed by atoms with Crippen LogP contribution in [0, 0.1) is 5.82 Å². The largest absolute Gasteiger partial charge is 0.494 e. The van der Waals surface area contributed by atoms with E-state index in [4.69, 9.17) is 18.9 Å². The third kappa shape index (κ3) is 9.18. The van der Waals surface area contributed by atoms with E-state index in [0.29, 0.717) is 30.9 Å². The van der Waals surface area contributed by atoms with Crippen LogP contribution in [0.15, 0.2) is 60.8 Å². The molecule has 5 rings (SSSR count). The first-order chi connectivity index (χ1) is 23.5. The maximum absolute atomic E-state index is 15.4. The van der Waals surface area contributed by atoms with Gasteiger partial charge in [-0.3, -0.25) is 24.8 Å². The molecule has 1 aromatic heterocycles. The maximum atomic E-state index is 15.4. The van der Waals surface area contributed by atoms with Gasteiger partial charge in [-0.2, -0.15) is 5.10 Å². The number of ketones is 1. The minimum atomic E-state index is -0.861. The van der Waals surface area contributed by atoms with E-state index < -0.39 is 11.6 Å². The highest BCUT2D eigenvalue weighted by atomic mass is 19.1. The van der Waals surface area contributed by atoms with E-state index in [1.165, 1.54) is 43.5 Å². The summed E-state index contributed by atoms with van der Waals surface area (Å²) < 4.78 is 37.3. The Morgan fingerprint density at radius 3 is 2.22 bits per heavy atom. The quantitative estimate of drug-likeness (QED) is 0.0718. The van der Waals surface area contributed by atoms with Crippen molar-refractivity contribution in [3.8, 4) is 11.5 Å². The zero-order chi connectivity index (χ0) is 35.0. The topological polar surface area (TPSA) is 165 Å². The molecule has 0 bridgehead atoms. The summed E-state index contributed by atoms with van der Waals surface area (Å²) in [6.07, 6.45) is 1.68. The molecule has 14 heteroatoms. The van der Waals surface area contributed by atoms with Gasteiger partial charge in [-0.1, -0.05) is 18.2 Å². The number of aromatic nitrogens is 2. The van der Waals surface area contributed by atoms with Crippen LogP contribution in [0.3, 0.4) is 0 Å². The number of benzene rings is 3. The molecule has 5 N–H and O–H groups in total. The lowest BCUT2D eigenvalue weighted by Crippen LogP contribution is -2.51. The second-order valence-corrected chi connectivity index (χ2v) is 12.4. The van der Waals surface area contributed by atoms with Crippen LogP contribution in [0.2, 0.25) is 0 Å². The van der Waals surface area contributed by atoms with Crippen LogP contribution >= 0.6 is 0 Å². The number of halogens is 1. The van der Waals surface area contributed by atoms with Gasteiger partial charge in [-0.05, 0) is 57.2 Å². The van der Waals surface area contributed by atoms with Gasteiger partial charge in [0.2, 0.25) is 0 Å². The zero-order valence-corrected chi connectivity index (χ0v) is 27.9. The fourth-order valence-electron chi connectivity index (χ4n) is 5.17. The van der Waals surface area contributed by atoms with Gasteiger partial charge in [0.25, 0.3) is 11.8 Å². The Morgan fingerprint density at radius 1 is 0.878 bits per heavy atom. The van der Waals surface area contributed by atoms with E-state index in [0.717, 1.165) is 10.9 Å². The Bertz CT molecular complexity index is 1770. The summed E-state index contributed by atoms with van der Waals surface area (Å²) in [5.41, 5.74) is 1.08. The van der Waals surface area contributed by atoms with Crippen LogP contribution in [-0.2, 0) is 9.47 Å². The molecular formula is C35H41FN6O7. The van der Waals surface area contributed by atoms with Crippen LogP contribution in [0.4, 0.5) is 4.39 Å². The van der Waals surface area contributed by atoms with Crippen LogP contribution in [-0.4, -0.2) is 92.4 Å². The van der Waals surface area contributed by atoms with E-state index in [-0.39, 0.29) is 72.1 Å². The van der Waals surface area contributed by atoms with Crippen molar-refractivity contribution < 1.29 is 37.7 Å². The summed E-state index contributed by atoms with van der Waals surface area (Å²) in [5, 5.41) is 19.9. The molecular weight excluding hydrogens is 635 g/mol. The molecule has 0 unspecified atom stereocenters. The molecule has 0 aliphatic carbocycles. The van der Waals surface area contributed by atoms with Crippen molar-refractivity contribution >= 4 is 28.5 Å². The molecule has 260 valence electrons. The number of amides is 2. The molecule has 4 aromatic rings.